The average molecular weight is 431 g/mol. The van der Waals surface area contributed by atoms with Crippen LogP contribution in [0.5, 0.6) is 0 Å². The van der Waals surface area contributed by atoms with Gasteiger partial charge in [0.05, 0.1) is 6.61 Å². The summed E-state index contributed by atoms with van der Waals surface area (Å²) in [6, 6.07) is 12.1. The summed E-state index contributed by atoms with van der Waals surface area (Å²) in [6.07, 6.45) is -1.46. The van der Waals surface area contributed by atoms with Gasteiger partial charge in [0.1, 0.15) is 30.5 Å². The molecular formula is C24H27ClO5. The second-order valence-corrected chi connectivity index (χ2v) is 9.45. The number of benzene rings is 2. The Kier molecular flexibility index (Phi) is 5.38. The molecule has 5 nitrogen and oxygen atoms in total. The van der Waals surface area contributed by atoms with Crippen LogP contribution in [0.25, 0.3) is 0 Å². The van der Waals surface area contributed by atoms with Gasteiger partial charge in [-0.25, -0.2) is 0 Å². The molecule has 0 bridgehead atoms. The lowest BCUT2D eigenvalue weighted by Crippen LogP contribution is -2.55. The van der Waals surface area contributed by atoms with Gasteiger partial charge >= 0.3 is 0 Å². The van der Waals surface area contributed by atoms with Crippen molar-refractivity contribution in [2.24, 2.45) is 11.8 Å². The summed E-state index contributed by atoms with van der Waals surface area (Å²) in [6.45, 7) is -0.446. The van der Waals surface area contributed by atoms with E-state index in [1.54, 1.807) is 12.1 Å². The van der Waals surface area contributed by atoms with Gasteiger partial charge in [-0.3, -0.25) is 0 Å². The third kappa shape index (κ3) is 3.68. The Labute approximate surface area is 180 Å². The fourth-order valence-electron chi connectivity index (χ4n) is 5.06. The summed E-state index contributed by atoms with van der Waals surface area (Å²) in [5.41, 5.74) is 5.68. The monoisotopic (exact) mass is 430 g/mol. The van der Waals surface area contributed by atoms with Crippen molar-refractivity contribution < 1.29 is 25.2 Å². The van der Waals surface area contributed by atoms with E-state index in [0.717, 1.165) is 17.4 Å². The van der Waals surface area contributed by atoms with Crippen molar-refractivity contribution in [3.63, 3.8) is 0 Å². The van der Waals surface area contributed by atoms with Crippen LogP contribution in [0.1, 0.15) is 40.3 Å². The molecule has 30 heavy (non-hydrogen) atoms. The van der Waals surface area contributed by atoms with Gasteiger partial charge in [0.2, 0.25) is 0 Å². The number of aliphatic hydroxyl groups is 4. The van der Waals surface area contributed by atoms with Crippen LogP contribution in [0.2, 0.25) is 5.02 Å². The molecule has 1 saturated carbocycles. The van der Waals surface area contributed by atoms with Gasteiger partial charge in [-0.2, -0.15) is 0 Å². The molecule has 3 unspecified atom stereocenters. The quantitative estimate of drug-likeness (QED) is 0.597. The van der Waals surface area contributed by atoms with Gasteiger partial charge in [-0.1, -0.05) is 41.9 Å². The molecule has 0 amide bonds. The number of rotatable bonds is 4. The van der Waals surface area contributed by atoms with Crippen LogP contribution in [-0.2, 0) is 24.0 Å². The standard InChI is InChI=1S/C24H27ClO5/c25-19-4-3-14(24-23(29)22(28)21(27)20(11-26)30-24)8-18(19)6-12-1-2-13-7-16-10-17(16)9-15(13)5-12/h1-5,8,16-17,20-24,26-29H,6-7,9-11H2/t16?,17?,20-,21-,22+,23-,24?/m1/s1. The Bertz CT molecular complexity index is 945. The second-order valence-electron chi connectivity index (χ2n) is 9.04. The maximum atomic E-state index is 10.4. The topological polar surface area (TPSA) is 90.2 Å². The summed E-state index contributed by atoms with van der Waals surface area (Å²) in [5.74, 6) is 1.76. The zero-order valence-corrected chi connectivity index (χ0v) is 17.4. The summed E-state index contributed by atoms with van der Waals surface area (Å²) in [4.78, 5) is 0. The lowest BCUT2D eigenvalue weighted by molar-refractivity contribution is -0.231. The van der Waals surface area contributed by atoms with Crippen LogP contribution in [0.4, 0.5) is 0 Å². The van der Waals surface area contributed by atoms with Crippen LogP contribution in [0.15, 0.2) is 36.4 Å². The molecule has 2 fully saturated rings. The summed E-state index contributed by atoms with van der Waals surface area (Å²) >= 11 is 6.47. The number of halogens is 1. The minimum absolute atomic E-state index is 0.446. The molecule has 2 aliphatic carbocycles. The van der Waals surface area contributed by atoms with Crippen molar-refractivity contribution >= 4 is 11.6 Å². The Morgan fingerprint density at radius 3 is 2.43 bits per heavy atom. The highest BCUT2D eigenvalue weighted by Crippen LogP contribution is 2.48. The van der Waals surface area contributed by atoms with E-state index in [0.29, 0.717) is 17.0 Å². The number of hydrogen-bond donors (Lipinski definition) is 4. The molecule has 1 heterocycles. The van der Waals surface area contributed by atoms with Crippen molar-refractivity contribution in [2.75, 3.05) is 6.61 Å². The van der Waals surface area contributed by atoms with Crippen LogP contribution < -0.4 is 0 Å². The van der Waals surface area contributed by atoms with Crippen molar-refractivity contribution in [2.45, 2.75) is 56.2 Å². The van der Waals surface area contributed by atoms with Gasteiger partial charge in [0.25, 0.3) is 0 Å². The SMILES string of the molecule is OC[C@H]1OC(c2ccc(Cl)c(Cc3ccc4c(c3)CC3CC3C4)c2)[C@H](O)[C@@H](O)[C@@H]1O. The van der Waals surface area contributed by atoms with Crippen molar-refractivity contribution in [3.05, 3.63) is 69.2 Å². The second kappa shape index (κ2) is 7.90. The fraction of sp³-hybridized carbons (Fsp3) is 0.500. The van der Waals surface area contributed by atoms with Crippen LogP contribution in [0.3, 0.4) is 0 Å². The van der Waals surface area contributed by atoms with Gasteiger partial charge < -0.3 is 25.2 Å². The minimum Gasteiger partial charge on any atom is -0.394 e. The highest BCUT2D eigenvalue weighted by Gasteiger charge is 2.44. The van der Waals surface area contributed by atoms with Crippen LogP contribution in [0, 0.1) is 11.8 Å². The molecule has 6 heteroatoms. The number of fused-ring (bicyclic) bond motifs is 2. The molecule has 4 N–H and O–H groups in total. The molecule has 7 atom stereocenters. The van der Waals surface area contributed by atoms with Crippen molar-refractivity contribution in [1.29, 1.82) is 0 Å². The maximum absolute atomic E-state index is 10.4. The van der Waals surface area contributed by atoms with Crippen molar-refractivity contribution in [3.8, 4) is 0 Å². The van der Waals surface area contributed by atoms with Crippen LogP contribution >= 0.6 is 11.6 Å². The van der Waals surface area contributed by atoms with Gasteiger partial charge in [-0.05, 0) is 71.4 Å². The minimum atomic E-state index is -1.40. The largest absolute Gasteiger partial charge is 0.394 e. The first-order valence-corrected chi connectivity index (χ1v) is 11.0. The predicted molar refractivity (Wildman–Crippen MR) is 112 cm³/mol. The molecule has 0 aromatic heterocycles. The van der Waals surface area contributed by atoms with E-state index in [-0.39, 0.29) is 0 Å². The lowest BCUT2D eigenvalue weighted by Gasteiger charge is -2.40. The van der Waals surface area contributed by atoms with Gasteiger partial charge in [-0.15, -0.1) is 0 Å². The normalized spacial score (nSPS) is 34.9. The Balaban J connectivity index is 1.39. The summed E-state index contributed by atoms with van der Waals surface area (Å²) < 4.78 is 5.70. The van der Waals surface area contributed by atoms with Gasteiger partial charge in [0, 0.05) is 5.02 Å². The van der Waals surface area contributed by atoms with E-state index < -0.39 is 37.1 Å². The van der Waals surface area contributed by atoms with Crippen LogP contribution in [-0.4, -0.2) is 51.4 Å². The number of hydrogen-bond acceptors (Lipinski definition) is 5. The van der Waals surface area contributed by atoms with E-state index in [1.807, 2.05) is 6.07 Å². The third-order valence-corrected chi connectivity index (χ3v) is 7.36. The summed E-state index contributed by atoms with van der Waals surface area (Å²) in [7, 11) is 0. The zero-order valence-electron chi connectivity index (χ0n) is 16.6. The molecule has 1 aliphatic heterocycles. The average Bonchev–Trinajstić information content (AvgIpc) is 3.50. The fourth-order valence-corrected chi connectivity index (χ4v) is 5.24. The van der Waals surface area contributed by atoms with Gasteiger partial charge in [0.15, 0.2) is 0 Å². The predicted octanol–water partition coefficient (Wildman–Crippen LogP) is 2.18. The van der Waals surface area contributed by atoms with E-state index in [4.69, 9.17) is 16.3 Å². The van der Waals surface area contributed by atoms with E-state index in [2.05, 4.69) is 18.2 Å². The molecule has 0 spiro atoms. The first-order valence-electron chi connectivity index (χ1n) is 10.6. The highest BCUT2D eigenvalue weighted by molar-refractivity contribution is 6.31. The van der Waals surface area contributed by atoms with Crippen molar-refractivity contribution in [1.82, 2.24) is 0 Å². The number of aliphatic hydroxyl groups excluding tert-OH is 4. The molecule has 1 saturated heterocycles. The first kappa shape index (κ1) is 20.4. The third-order valence-electron chi connectivity index (χ3n) is 6.99. The van der Waals surface area contributed by atoms with E-state index >= 15 is 0 Å². The van der Waals surface area contributed by atoms with E-state index in [9.17, 15) is 20.4 Å². The number of ether oxygens (including phenoxy) is 1. The molecule has 5 rings (SSSR count). The molecule has 2 aromatic rings. The Morgan fingerprint density at radius 1 is 0.900 bits per heavy atom. The molecule has 2 aromatic carbocycles. The zero-order chi connectivity index (χ0) is 21.0. The molecule has 0 radical (unpaired) electrons. The molecule has 3 aliphatic rings. The van der Waals surface area contributed by atoms with E-state index in [1.165, 1.54) is 36.0 Å². The first-order chi connectivity index (χ1) is 14.4. The highest BCUT2D eigenvalue weighted by atomic mass is 35.5. The molecule has 160 valence electrons. The summed E-state index contributed by atoms with van der Waals surface area (Å²) in [5, 5.41) is 40.6. The molecular weight excluding hydrogens is 404 g/mol. The lowest BCUT2D eigenvalue weighted by atomic mass is 9.88. The smallest absolute Gasteiger partial charge is 0.113 e. The Morgan fingerprint density at radius 2 is 1.67 bits per heavy atom. The maximum Gasteiger partial charge on any atom is 0.113 e. The Hall–Kier alpha value is -1.47.